The van der Waals surface area contributed by atoms with Gasteiger partial charge in [0.05, 0.1) is 16.3 Å². The van der Waals surface area contributed by atoms with Crippen molar-refractivity contribution < 1.29 is 0 Å². The van der Waals surface area contributed by atoms with Gasteiger partial charge < -0.3 is 5.32 Å². The first-order valence-corrected chi connectivity index (χ1v) is 7.87. The molecular formula is C20H21N3O. The molecule has 0 bridgehead atoms. The van der Waals surface area contributed by atoms with E-state index in [2.05, 4.69) is 17.0 Å². The van der Waals surface area contributed by atoms with E-state index >= 15 is 0 Å². The van der Waals surface area contributed by atoms with Crippen molar-refractivity contribution in [2.24, 2.45) is 0 Å². The topological polar surface area (TPSA) is 49.8 Å². The summed E-state index contributed by atoms with van der Waals surface area (Å²) in [4.78, 5) is 12.7. The Labute approximate surface area is 140 Å². The molecule has 2 aromatic carbocycles. The van der Waals surface area contributed by atoms with Gasteiger partial charge in [-0.2, -0.15) is 0 Å². The minimum Gasteiger partial charge on any atom is -0.361 e. The quantitative estimate of drug-likeness (QED) is 0.778. The largest absolute Gasteiger partial charge is 0.361 e. The Morgan fingerprint density at radius 3 is 2.42 bits per heavy atom. The molecule has 0 amide bonds. The molecule has 0 aliphatic heterocycles. The van der Waals surface area contributed by atoms with Crippen LogP contribution in [0, 0.1) is 20.8 Å². The molecule has 0 aliphatic carbocycles. The van der Waals surface area contributed by atoms with E-state index in [4.69, 9.17) is 0 Å². The van der Waals surface area contributed by atoms with Crippen LogP contribution in [0.2, 0.25) is 0 Å². The molecule has 0 saturated carbocycles. The highest BCUT2D eigenvalue weighted by molar-refractivity contribution is 5.54. The number of anilines is 1. The molecule has 0 atom stereocenters. The van der Waals surface area contributed by atoms with Crippen LogP contribution >= 0.6 is 0 Å². The Morgan fingerprint density at radius 2 is 1.75 bits per heavy atom. The van der Waals surface area contributed by atoms with Gasteiger partial charge in [-0.1, -0.05) is 30.3 Å². The molecular weight excluding hydrogens is 298 g/mol. The SMILES string of the molecule is C=c1[nH]n(-c2ccc(C)c(C)c2)c(=O)c1=CNc1ccc(C)cc1. The van der Waals surface area contributed by atoms with Crippen LogP contribution in [-0.2, 0) is 0 Å². The van der Waals surface area contributed by atoms with Crippen LogP contribution < -0.4 is 21.4 Å². The third-order valence-corrected chi connectivity index (χ3v) is 4.19. The number of nitrogens with one attached hydrogen (secondary N) is 2. The summed E-state index contributed by atoms with van der Waals surface area (Å²) >= 11 is 0. The summed E-state index contributed by atoms with van der Waals surface area (Å²) in [5.74, 6) is 0. The number of H-pyrrole nitrogens is 1. The molecule has 4 nitrogen and oxygen atoms in total. The smallest absolute Gasteiger partial charge is 0.280 e. The van der Waals surface area contributed by atoms with Crippen molar-refractivity contribution in [1.82, 2.24) is 9.78 Å². The molecule has 1 aromatic heterocycles. The van der Waals surface area contributed by atoms with Gasteiger partial charge in [0, 0.05) is 11.9 Å². The fourth-order valence-electron chi connectivity index (χ4n) is 2.50. The number of nitrogens with zero attached hydrogens (tertiary/aromatic N) is 1. The van der Waals surface area contributed by atoms with E-state index in [-0.39, 0.29) is 5.56 Å². The average Bonchev–Trinajstić information content (AvgIpc) is 2.84. The van der Waals surface area contributed by atoms with Crippen molar-refractivity contribution in [1.29, 1.82) is 0 Å². The van der Waals surface area contributed by atoms with Crippen LogP contribution in [0.3, 0.4) is 0 Å². The third-order valence-electron chi connectivity index (χ3n) is 4.19. The minimum atomic E-state index is -0.122. The maximum atomic E-state index is 12.7. The molecule has 0 aliphatic rings. The predicted molar refractivity (Wildman–Crippen MR) is 99.9 cm³/mol. The highest BCUT2D eigenvalue weighted by Gasteiger charge is 2.05. The molecule has 0 fully saturated rings. The molecule has 2 N–H and O–H groups in total. The van der Waals surface area contributed by atoms with Gasteiger partial charge in [0.25, 0.3) is 5.56 Å². The van der Waals surface area contributed by atoms with Gasteiger partial charge in [-0.15, -0.1) is 0 Å². The summed E-state index contributed by atoms with van der Waals surface area (Å²) in [6, 6.07) is 13.9. The van der Waals surface area contributed by atoms with E-state index in [0.29, 0.717) is 10.6 Å². The van der Waals surface area contributed by atoms with E-state index in [1.165, 1.54) is 15.8 Å². The fourth-order valence-corrected chi connectivity index (χ4v) is 2.50. The van der Waals surface area contributed by atoms with Gasteiger partial charge >= 0.3 is 0 Å². The van der Waals surface area contributed by atoms with Crippen molar-refractivity contribution >= 4 is 18.5 Å². The lowest BCUT2D eigenvalue weighted by molar-refractivity contribution is 0.837. The average molecular weight is 319 g/mol. The van der Waals surface area contributed by atoms with Crippen LogP contribution in [0.15, 0.2) is 47.3 Å². The van der Waals surface area contributed by atoms with E-state index in [9.17, 15) is 4.79 Å². The second-order valence-electron chi connectivity index (χ2n) is 6.07. The van der Waals surface area contributed by atoms with Crippen molar-refractivity contribution in [2.75, 3.05) is 5.32 Å². The van der Waals surface area contributed by atoms with Gasteiger partial charge in [0.2, 0.25) is 0 Å². The summed E-state index contributed by atoms with van der Waals surface area (Å²) in [6.45, 7) is 10.1. The maximum Gasteiger partial charge on any atom is 0.280 e. The highest BCUT2D eigenvalue weighted by atomic mass is 16.1. The number of aromatic amines is 1. The van der Waals surface area contributed by atoms with Gasteiger partial charge in [0.15, 0.2) is 0 Å². The van der Waals surface area contributed by atoms with Crippen molar-refractivity contribution in [2.45, 2.75) is 20.8 Å². The lowest BCUT2D eigenvalue weighted by Crippen LogP contribution is -2.34. The fraction of sp³-hybridized carbons (Fsp3) is 0.150. The molecule has 0 saturated heterocycles. The zero-order valence-electron chi connectivity index (χ0n) is 14.2. The van der Waals surface area contributed by atoms with E-state index in [1.807, 2.05) is 63.2 Å². The second kappa shape index (κ2) is 6.24. The monoisotopic (exact) mass is 319 g/mol. The van der Waals surface area contributed by atoms with E-state index in [1.54, 1.807) is 6.20 Å². The summed E-state index contributed by atoms with van der Waals surface area (Å²) in [7, 11) is 0. The first kappa shape index (κ1) is 15.9. The lowest BCUT2D eigenvalue weighted by Gasteiger charge is -2.04. The number of aryl methyl sites for hydroxylation is 3. The Hall–Kier alpha value is -3.01. The molecule has 3 aromatic rings. The predicted octanol–water partition coefficient (Wildman–Crippen LogP) is 2.35. The number of hydrogen-bond donors (Lipinski definition) is 2. The molecule has 4 heteroatoms. The Bertz CT molecular complexity index is 1040. The molecule has 3 rings (SSSR count). The van der Waals surface area contributed by atoms with Crippen LogP contribution in [0.25, 0.3) is 18.5 Å². The molecule has 122 valence electrons. The number of rotatable bonds is 3. The zero-order chi connectivity index (χ0) is 17.3. The summed E-state index contributed by atoms with van der Waals surface area (Å²) in [5.41, 5.74) is 5.14. The number of hydrogen-bond acceptors (Lipinski definition) is 2. The molecule has 0 unspecified atom stereocenters. The van der Waals surface area contributed by atoms with Crippen LogP contribution in [0.5, 0.6) is 0 Å². The molecule has 0 radical (unpaired) electrons. The number of aromatic nitrogens is 2. The maximum absolute atomic E-state index is 12.7. The van der Waals surface area contributed by atoms with Gasteiger partial charge in [-0.25, -0.2) is 4.68 Å². The first-order valence-electron chi connectivity index (χ1n) is 7.87. The van der Waals surface area contributed by atoms with Crippen molar-refractivity contribution in [3.63, 3.8) is 0 Å². The summed E-state index contributed by atoms with van der Waals surface area (Å²) in [5, 5.41) is 7.30. The molecule has 0 spiro atoms. The zero-order valence-corrected chi connectivity index (χ0v) is 14.2. The summed E-state index contributed by atoms with van der Waals surface area (Å²) < 4.78 is 1.53. The molecule has 24 heavy (non-hydrogen) atoms. The third kappa shape index (κ3) is 3.04. The highest BCUT2D eigenvalue weighted by Crippen LogP contribution is 2.11. The first-order chi connectivity index (χ1) is 11.5. The Balaban J connectivity index is 2.01. The Morgan fingerprint density at radius 1 is 1.04 bits per heavy atom. The van der Waals surface area contributed by atoms with Crippen molar-refractivity contribution in [3.8, 4) is 5.69 Å². The van der Waals surface area contributed by atoms with E-state index < -0.39 is 0 Å². The van der Waals surface area contributed by atoms with Crippen LogP contribution in [-0.4, -0.2) is 9.78 Å². The number of benzene rings is 2. The Kier molecular flexibility index (Phi) is 4.13. The van der Waals surface area contributed by atoms with Gasteiger partial charge in [-0.3, -0.25) is 9.89 Å². The summed E-state index contributed by atoms with van der Waals surface area (Å²) in [6.07, 6.45) is 1.70. The van der Waals surface area contributed by atoms with Gasteiger partial charge in [0.1, 0.15) is 0 Å². The normalized spacial score (nSPS) is 11.7. The van der Waals surface area contributed by atoms with Crippen LogP contribution in [0.4, 0.5) is 5.69 Å². The second-order valence-corrected chi connectivity index (χ2v) is 6.07. The van der Waals surface area contributed by atoms with E-state index in [0.717, 1.165) is 16.9 Å². The molecule has 1 heterocycles. The van der Waals surface area contributed by atoms with Gasteiger partial charge in [-0.05, 0) is 56.2 Å². The standard InChI is InChI=1S/C20H21N3O/c1-13-5-8-17(9-6-13)21-12-19-16(4)22-23(20(19)24)18-10-7-14(2)15(3)11-18/h5-12,21-22H,4H2,1-3H3. The van der Waals surface area contributed by atoms with Crippen molar-refractivity contribution in [3.05, 3.63) is 80.1 Å². The minimum absolute atomic E-state index is 0.122. The lowest BCUT2D eigenvalue weighted by atomic mass is 10.1. The van der Waals surface area contributed by atoms with Crippen LogP contribution in [0.1, 0.15) is 16.7 Å².